The van der Waals surface area contributed by atoms with Crippen LogP contribution in [0.1, 0.15) is 81.1 Å². The number of nitrogens with zero attached hydrogens (tertiary/aromatic N) is 6. The molecular weight excluding hydrogens is 456 g/mol. The van der Waals surface area contributed by atoms with Crippen LogP contribution in [0.2, 0.25) is 0 Å². The van der Waals surface area contributed by atoms with Gasteiger partial charge in [0, 0.05) is 77.0 Å². The molecule has 0 aliphatic carbocycles. The van der Waals surface area contributed by atoms with Crippen LogP contribution < -0.4 is 0 Å². The van der Waals surface area contributed by atoms with E-state index in [1.165, 1.54) is 124 Å². The highest BCUT2D eigenvalue weighted by Crippen LogP contribution is 2.21. The van der Waals surface area contributed by atoms with E-state index in [1.54, 1.807) is 0 Å². The first-order valence-corrected chi connectivity index (χ1v) is 16.3. The molecule has 4 saturated heterocycles. The van der Waals surface area contributed by atoms with Gasteiger partial charge < -0.3 is 19.6 Å². The second-order valence-electron chi connectivity index (χ2n) is 12.1. The first-order chi connectivity index (χ1) is 17.9. The van der Waals surface area contributed by atoms with E-state index in [9.17, 15) is 0 Å². The van der Waals surface area contributed by atoms with E-state index in [0.717, 1.165) is 24.0 Å². The van der Waals surface area contributed by atoms with Crippen molar-refractivity contribution in [3.63, 3.8) is 0 Å². The van der Waals surface area contributed by atoms with Crippen molar-refractivity contribution in [2.75, 3.05) is 98.2 Å². The highest BCUT2D eigenvalue weighted by molar-refractivity contribution is 4.83. The quantitative estimate of drug-likeness (QED) is 0.494. The van der Waals surface area contributed by atoms with Gasteiger partial charge in [-0.25, -0.2) is 0 Å². The molecule has 0 bridgehead atoms. The van der Waals surface area contributed by atoms with Crippen LogP contribution in [-0.4, -0.2) is 146 Å². The fourth-order valence-corrected chi connectivity index (χ4v) is 6.52. The van der Waals surface area contributed by atoms with Crippen LogP contribution in [0.4, 0.5) is 0 Å². The molecule has 0 spiro atoms. The molecule has 0 unspecified atom stereocenters. The Morgan fingerprint density at radius 3 is 1.41 bits per heavy atom. The number of hydrogen-bond donors (Lipinski definition) is 0. The van der Waals surface area contributed by atoms with Crippen molar-refractivity contribution in [2.45, 2.75) is 99.2 Å². The zero-order valence-corrected chi connectivity index (χ0v) is 26.4. The lowest BCUT2D eigenvalue weighted by molar-refractivity contribution is 0.0624. The maximum absolute atomic E-state index is 2.74. The molecule has 0 amide bonds. The Morgan fingerprint density at radius 1 is 0.514 bits per heavy atom. The summed E-state index contributed by atoms with van der Waals surface area (Å²) in [6.45, 7) is 37.1. The third kappa shape index (κ3) is 11.4. The minimum atomic E-state index is 0.719. The molecule has 0 aromatic rings. The van der Waals surface area contributed by atoms with E-state index in [2.05, 4.69) is 70.9 Å². The monoisotopic (exact) mass is 523 g/mol. The van der Waals surface area contributed by atoms with Crippen LogP contribution in [-0.2, 0) is 0 Å². The number of likely N-dealkylation sites (tertiary alicyclic amines) is 2. The summed E-state index contributed by atoms with van der Waals surface area (Å²) < 4.78 is 0. The van der Waals surface area contributed by atoms with Crippen molar-refractivity contribution in [3.05, 3.63) is 0 Å². The minimum Gasteiger partial charge on any atom is -0.303 e. The second-order valence-corrected chi connectivity index (χ2v) is 12.1. The van der Waals surface area contributed by atoms with E-state index < -0.39 is 0 Å². The van der Waals surface area contributed by atoms with Crippen LogP contribution >= 0.6 is 0 Å². The minimum absolute atomic E-state index is 0.719. The number of piperidine rings is 2. The fourth-order valence-electron chi connectivity index (χ4n) is 6.52. The Labute approximate surface area is 232 Å². The lowest BCUT2D eigenvalue weighted by Crippen LogP contribution is -2.53. The highest BCUT2D eigenvalue weighted by atomic mass is 15.3. The molecular formula is C31H66N6. The number of hydrogen-bond acceptors (Lipinski definition) is 6. The Morgan fingerprint density at radius 2 is 0.946 bits per heavy atom. The molecule has 0 aromatic heterocycles. The maximum Gasteiger partial charge on any atom is 0.0121 e. The van der Waals surface area contributed by atoms with Gasteiger partial charge >= 0.3 is 0 Å². The van der Waals surface area contributed by atoms with Gasteiger partial charge in [-0.2, -0.15) is 0 Å². The number of likely N-dealkylation sites (N-methyl/N-ethyl adjacent to an activating group) is 1. The highest BCUT2D eigenvalue weighted by Gasteiger charge is 2.27. The van der Waals surface area contributed by atoms with Crippen LogP contribution in [0.3, 0.4) is 0 Å². The molecule has 6 heteroatoms. The first-order valence-electron chi connectivity index (χ1n) is 16.3. The molecule has 4 fully saturated rings. The normalized spacial score (nSPS) is 25.1. The zero-order valence-electron chi connectivity index (χ0n) is 26.4. The molecule has 0 saturated carbocycles. The van der Waals surface area contributed by atoms with Gasteiger partial charge in [0.25, 0.3) is 0 Å². The summed E-state index contributed by atoms with van der Waals surface area (Å²) in [6.07, 6.45) is 5.59. The summed E-state index contributed by atoms with van der Waals surface area (Å²) in [5, 5.41) is 0. The molecule has 4 rings (SSSR count). The summed E-state index contributed by atoms with van der Waals surface area (Å²) in [5.74, 6) is 0.945. The van der Waals surface area contributed by atoms with Gasteiger partial charge in [0.1, 0.15) is 0 Å². The van der Waals surface area contributed by atoms with Crippen molar-refractivity contribution in [1.29, 1.82) is 0 Å². The summed E-state index contributed by atoms with van der Waals surface area (Å²) in [5.41, 5.74) is 0. The predicted molar refractivity (Wildman–Crippen MR) is 163 cm³/mol. The molecule has 37 heavy (non-hydrogen) atoms. The van der Waals surface area contributed by atoms with Crippen molar-refractivity contribution in [3.8, 4) is 0 Å². The number of rotatable bonds is 7. The van der Waals surface area contributed by atoms with Gasteiger partial charge in [-0.05, 0) is 98.6 Å². The van der Waals surface area contributed by atoms with E-state index in [-0.39, 0.29) is 0 Å². The fraction of sp³-hybridized carbons (Fsp3) is 1.00. The Bertz CT molecular complexity index is 490. The van der Waals surface area contributed by atoms with E-state index in [4.69, 9.17) is 0 Å². The summed E-state index contributed by atoms with van der Waals surface area (Å²) in [7, 11) is 0. The van der Waals surface area contributed by atoms with Crippen molar-refractivity contribution < 1.29 is 0 Å². The third-order valence-corrected chi connectivity index (χ3v) is 9.41. The van der Waals surface area contributed by atoms with Gasteiger partial charge in [-0.15, -0.1) is 0 Å². The topological polar surface area (TPSA) is 19.4 Å². The first kappa shape index (κ1) is 33.0. The second kappa shape index (κ2) is 18.2. The maximum atomic E-state index is 2.74. The van der Waals surface area contributed by atoms with Gasteiger partial charge in [0.05, 0.1) is 0 Å². The van der Waals surface area contributed by atoms with Crippen LogP contribution in [0.5, 0.6) is 0 Å². The average molecular weight is 523 g/mol. The SMILES string of the molecule is CC.CC(C)N1CCC(CN2CCN(C(C)C)CC2)CC1.CCN1CCC(N2CCN(CC)CC2)CC1. The third-order valence-electron chi connectivity index (χ3n) is 9.41. The molecule has 6 nitrogen and oxygen atoms in total. The van der Waals surface area contributed by atoms with E-state index >= 15 is 0 Å². The van der Waals surface area contributed by atoms with Crippen molar-refractivity contribution in [1.82, 2.24) is 29.4 Å². The van der Waals surface area contributed by atoms with Gasteiger partial charge in [-0.1, -0.05) is 27.7 Å². The molecule has 220 valence electrons. The largest absolute Gasteiger partial charge is 0.303 e. The van der Waals surface area contributed by atoms with Crippen molar-refractivity contribution >= 4 is 0 Å². The molecule has 4 heterocycles. The summed E-state index contributed by atoms with van der Waals surface area (Å²) >= 11 is 0. The molecule has 0 N–H and O–H groups in total. The average Bonchev–Trinajstić information content (AvgIpc) is 2.95. The Kier molecular flexibility index (Phi) is 16.2. The molecule has 4 aliphatic heterocycles. The molecule has 4 aliphatic rings. The van der Waals surface area contributed by atoms with Gasteiger partial charge in [0.2, 0.25) is 0 Å². The summed E-state index contributed by atoms with van der Waals surface area (Å²) in [4.78, 5) is 15.8. The lowest BCUT2D eigenvalue weighted by Gasteiger charge is -2.42. The lowest BCUT2D eigenvalue weighted by atomic mass is 9.95. The van der Waals surface area contributed by atoms with Crippen LogP contribution in [0.15, 0.2) is 0 Å². The Hall–Kier alpha value is -0.240. The smallest absolute Gasteiger partial charge is 0.0121 e. The molecule has 0 aromatic carbocycles. The van der Waals surface area contributed by atoms with Gasteiger partial charge in [0.15, 0.2) is 0 Å². The van der Waals surface area contributed by atoms with Crippen LogP contribution in [0.25, 0.3) is 0 Å². The number of piperazine rings is 2. The predicted octanol–water partition coefficient (Wildman–Crippen LogP) is 4.27. The van der Waals surface area contributed by atoms with Gasteiger partial charge in [-0.3, -0.25) is 9.80 Å². The zero-order chi connectivity index (χ0) is 27.2. The molecule has 0 atom stereocenters. The van der Waals surface area contributed by atoms with Crippen molar-refractivity contribution in [2.24, 2.45) is 5.92 Å². The van der Waals surface area contributed by atoms with E-state index in [1.807, 2.05) is 13.8 Å². The summed E-state index contributed by atoms with van der Waals surface area (Å²) in [6, 6.07) is 2.33. The molecule has 0 radical (unpaired) electrons. The Balaban J connectivity index is 0.000000247. The standard InChI is InChI=1S/C16H33N3.C13H27N3.C2H6/c1-14(2)18-7-5-16(6-8-18)13-17-9-11-19(12-10-17)15(3)4;1-3-14-7-5-13(6-8-14)16-11-9-15(4-2)10-12-16;1-2/h14-16H,5-13H2,1-4H3;13H,3-12H2,1-2H3;1-2H3. The van der Waals surface area contributed by atoms with E-state index in [0.29, 0.717) is 0 Å². The van der Waals surface area contributed by atoms with Crippen LogP contribution in [0, 0.1) is 5.92 Å².